The Bertz CT molecular complexity index is 960. The molecule has 1 aliphatic rings. The molecule has 8 nitrogen and oxygen atoms in total. The fourth-order valence-corrected chi connectivity index (χ4v) is 3.28. The minimum atomic E-state index is -0.172. The Morgan fingerprint density at radius 1 is 1.00 bits per heavy atom. The van der Waals surface area contributed by atoms with Crippen LogP contribution in [-0.4, -0.2) is 63.0 Å². The number of nitrogens with one attached hydrogen (secondary N) is 1. The predicted molar refractivity (Wildman–Crippen MR) is 100 cm³/mol. The van der Waals surface area contributed by atoms with Crippen LogP contribution in [0.4, 0.5) is 0 Å². The number of pyridine rings is 1. The fraction of sp³-hybridized carbons (Fsp3) is 0.222. The molecule has 1 aliphatic heterocycles. The number of amides is 2. The highest BCUT2D eigenvalue weighted by molar-refractivity contribution is 9.10. The number of rotatable bonds is 3. The molecule has 0 spiro atoms. The number of aromatic amines is 1. The van der Waals surface area contributed by atoms with Crippen molar-refractivity contribution < 1.29 is 14.0 Å². The first-order valence-electron chi connectivity index (χ1n) is 8.41. The number of hydrogen-bond acceptors (Lipinski definition) is 5. The van der Waals surface area contributed by atoms with E-state index >= 15 is 0 Å². The van der Waals surface area contributed by atoms with Crippen LogP contribution in [0.2, 0.25) is 0 Å². The van der Waals surface area contributed by atoms with E-state index in [2.05, 4.69) is 31.1 Å². The van der Waals surface area contributed by atoms with E-state index in [4.69, 9.17) is 4.42 Å². The Morgan fingerprint density at radius 2 is 1.67 bits per heavy atom. The zero-order chi connectivity index (χ0) is 18.8. The zero-order valence-electron chi connectivity index (χ0n) is 14.3. The maximum atomic E-state index is 12.7. The first-order valence-corrected chi connectivity index (χ1v) is 9.21. The molecule has 138 valence electrons. The van der Waals surface area contributed by atoms with E-state index in [0.29, 0.717) is 42.2 Å². The summed E-state index contributed by atoms with van der Waals surface area (Å²) >= 11 is 3.19. The Balaban J connectivity index is 1.39. The molecule has 0 aliphatic carbocycles. The standard InChI is InChI=1S/C18H16BrN5O3/c19-16-2-1-15(27-16)18(26)24-9-7-23(8-10-24)17(25)14-11-13(21-22-14)12-3-5-20-6-4-12/h1-6,11H,7-10H2,(H,21,22). The van der Waals surface area contributed by atoms with Crippen molar-refractivity contribution in [2.75, 3.05) is 26.2 Å². The first kappa shape index (κ1) is 17.5. The van der Waals surface area contributed by atoms with Crippen LogP contribution in [0.3, 0.4) is 0 Å². The molecule has 0 saturated carbocycles. The van der Waals surface area contributed by atoms with Gasteiger partial charge in [-0.1, -0.05) is 0 Å². The molecule has 27 heavy (non-hydrogen) atoms. The van der Waals surface area contributed by atoms with Gasteiger partial charge >= 0.3 is 0 Å². The molecule has 3 aromatic heterocycles. The number of H-pyrrole nitrogens is 1. The third-order valence-corrected chi connectivity index (χ3v) is 4.85. The van der Waals surface area contributed by atoms with Gasteiger partial charge in [0.1, 0.15) is 5.69 Å². The van der Waals surface area contributed by atoms with Crippen molar-refractivity contribution in [2.45, 2.75) is 0 Å². The van der Waals surface area contributed by atoms with Crippen molar-refractivity contribution in [1.29, 1.82) is 0 Å². The lowest BCUT2D eigenvalue weighted by Crippen LogP contribution is -2.50. The highest BCUT2D eigenvalue weighted by Crippen LogP contribution is 2.19. The van der Waals surface area contributed by atoms with Gasteiger partial charge in [0.2, 0.25) is 0 Å². The molecule has 0 aromatic carbocycles. The second-order valence-electron chi connectivity index (χ2n) is 6.09. The number of carbonyl (C=O) groups excluding carboxylic acids is 2. The van der Waals surface area contributed by atoms with Gasteiger partial charge in [0, 0.05) is 44.1 Å². The Labute approximate surface area is 163 Å². The molecular weight excluding hydrogens is 414 g/mol. The van der Waals surface area contributed by atoms with Crippen molar-refractivity contribution in [1.82, 2.24) is 25.0 Å². The zero-order valence-corrected chi connectivity index (χ0v) is 15.8. The molecular formula is C18H16BrN5O3. The Kier molecular flexibility index (Phi) is 4.76. The summed E-state index contributed by atoms with van der Waals surface area (Å²) in [5.41, 5.74) is 2.01. The number of carbonyl (C=O) groups is 2. The topological polar surface area (TPSA) is 95.3 Å². The Morgan fingerprint density at radius 3 is 2.30 bits per heavy atom. The summed E-state index contributed by atoms with van der Waals surface area (Å²) in [6, 6.07) is 8.72. The molecule has 0 bridgehead atoms. The number of furan rings is 1. The van der Waals surface area contributed by atoms with Gasteiger partial charge in [0.15, 0.2) is 10.4 Å². The second kappa shape index (κ2) is 7.36. The number of aromatic nitrogens is 3. The molecule has 0 atom stereocenters. The third kappa shape index (κ3) is 3.63. The summed E-state index contributed by atoms with van der Waals surface area (Å²) in [5.74, 6) is -0.0119. The van der Waals surface area contributed by atoms with E-state index in [1.807, 2.05) is 12.1 Å². The van der Waals surface area contributed by atoms with Crippen molar-refractivity contribution in [3.8, 4) is 11.3 Å². The average Bonchev–Trinajstić information content (AvgIpc) is 3.37. The van der Waals surface area contributed by atoms with Crippen molar-refractivity contribution in [2.24, 2.45) is 0 Å². The Hall–Kier alpha value is -2.94. The van der Waals surface area contributed by atoms with Crippen LogP contribution in [-0.2, 0) is 0 Å². The lowest BCUT2D eigenvalue weighted by Gasteiger charge is -2.34. The summed E-state index contributed by atoms with van der Waals surface area (Å²) in [6.07, 6.45) is 3.36. The third-order valence-electron chi connectivity index (χ3n) is 4.42. The van der Waals surface area contributed by atoms with E-state index in [0.717, 1.165) is 5.56 Å². The SMILES string of the molecule is O=C(c1cc(-c2ccncc2)n[nH]1)N1CCN(C(=O)c2ccc(Br)o2)CC1. The number of piperazine rings is 1. The molecule has 0 unspecified atom stereocenters. The lowest BCUT2D eigenvalue weighted by molar-refractivity contribution is 0.0514. The maximum absolute atomic E-state index is 12.7. The largest absolute Gasteiger partial charge is 0.444 e. The minimum absolute atomic E-state index is 0.129. The number of halogens is 1. The summed E-state index contributed by atoms with van der Waals surface area (Å²) in [7, 11) is 0. The molecule has 1 N–H and O–H groups in total. The van der Waals surface area contributed by atoms with Crippen LogP contribution in [0.25, 0.3) is 11.3 Å². The first-order chi connectivity index (χ1) is 13.1. The fourth-order valence-electron chi connectivity index (χ4n) is 2.97. The van der Waals surface area contributed by atoms with Crippen molar-refractivity contribution in [3.05, 3.63) is 58.8 Å². The van der Waals surface area contributed by atoms with E-state index in [1.165, 1.54) is 0 Å². The smallest absolute Gasteiger partial charge is 0.289 e. The van der Waals surface area contributed by atoms with E-state index in [-0.39, 0.29) is 17.6 Å². The molecule has 3 aromatic rings. The van der Waals surface area contributed by atoms with Crippen molar-refractivity contribution in [3.63, 3.8) is 0 Å². The van der Waals surface area contributed by atoms with Crippen LogP contribution >= 0.6 is 15.9 Å². The van der Waals surface area contributed by atoms with Gasteiger partial charge in [0.05, 0.1) is 5.69 Å². The molecule has 1 saturated heterocycles. The lowest BCUT2D eigenvalue weighted by atomic mass is 10.2. The van der Waals surface area contributed by atoms with Gasteiger partial charge < -0.3 is 14.2 Å². The minimum Gasteiger partial charge on any atom is -0.444 e. The normalized spacial score (nSPS) is 14.4. The van der Waals surface area contributed by atoms with Gasteiger partial charge in [0.25, 0.3) is 11.8 Å². The van der Waals surface area contributed by atoms with E-state index in [9.17, 15) is 9.59 Å². The maximum Gasteiger partial charge on any atom is 0.289 e. The summed E-state index contributed by atoms with van der Waals surface area (Å²) in [6.45, 7) is 1.81. The monoisotopic (exact) mass is 429 g/mol. The van der Waals surface area contributed by atoms with Crippen LogP contribution < -0.4 is 0 Å². The summed E-state index contributed by atoms with van der Waals surface area (Å²) < 4.78 is 5.83. The van der Waals surface area contributed by atoms with Gasteiger partial charge in [-0.05, 0) is 46.3 Å². The van der Waals surface area contributed by atoms with Crippen LogP contribution in [0, 0.1) is 0 Å². The van der Waals surface area contributed by atoms with Gasteiger partial charge in [-0.15, -0.1) is 0 Å². The molecule has 2 amide bonds. The average molecular weight is 430 g/mol. The van der Waals surface area contributed by atoms with Gasteiger partial charge in [-0.2, -0.15) is 5.10 Å². The van der Waals surface area contributed by atoms with Crippen LogP contribution in [0.15, 0.2) is 51.8 Å². The molecule has 1 fully saturated rings. The molecule has 0 radical (unpaired) electrons. The van der Waals surface area contributed by atoms with Gasteiger partial charge in [-0.3, -0.25) is 19.7 Å². The summed E-state index contributed by atoms with van der Waals surface area (Å²) in [5, 5.41) is 7.01. The summed E-state index contributed by atoms with van der Waals surface area (Å²) in [4.78, 5) is 32.5. The van der Waals surface area contributed by atoms with E-state index < -0.39 is 0 Å². The predicted octanol–water partition coefficient (Wildman–Crippen LogP) is 2.43. The second-order valence-corrected chi connectivity index (χ2v) is 6.87. The van der Waals surface area contributed by atoms with E-state index in [1.54, 1.807) is 40.4 Å². The number of nitrogens with zero attached hydrogens (tertiary/aromatic N) is 4. The van der Waals surface area contributed by atoms with Crippen molar-refractivity contribution >= 4 is 27.7 Å². The van der Waals surface area contributed by atoms with Crippen LogP contribution in [0.5, 0.6) is 0 Å². The van der Waals surface area contributed by atoms with Crippen LogP contribution in [0.1, 0.15) is 21.0 Å². The molecule has 4 heterocycles. The highest BCUT2D eigenvalue weighted by Gasteiger charge is 2.27. The highest BCUT2D eigenvalue weighted by atomic mass is 79.9. The number of hydrogen-bond donors (Lipinski definition) is 1. The molecule has 9 heteroatoms. The molecule has 4 rings (SSSR count). The van der Waals surface area contributed by atoms with Gasteiger partial charge in [-0.25, -0.2) is 0 Å². The quantitative estimate of drug-likeness (QED) is 0.689.